The van der Waals surface area contributed by atoms with Gasteiger partial charge in [0.1, 0.15) is 6.61 Å². The number of ether oxygens (including phenoxy) is 2. The van der Waals surface area contributed by atoms with Crippen LogP contribution in [0.15, 0.2) is 78.9 Å². The van der Waals surface area contributed by atoms with E-state index in [1.807, 2.05) is 66.7 Å². The summed E-state index contributed by atoms with van der Waals surface area (Å²) in [4.78, 5) is 39.9. The molecular formula is C31H33NO5. The summed E-state index contributed by atoms with van der Waals surface area (Å²) in [6.07, 6.45) is 0.294. The van der Waals surface area contributed by atoms with Crippen molar-refractivity contribution in [2.45, 2.75) is 51.0 Å². The van der Waals surface area contributed by atoms with Crippen molar-refractivity contribution in [1.82, 2.24) is 4.90 Å². The number of nitrogens with zero attached hydrogens (tertiary/aromatic N) is 1. The number of hydrogen-bond donors (Lipinski definition) is 0. The second-order valence-electron chi connectivity index (χ2n) is 10.4. The molecule has 6 heteroatoms. The summed E-state index contributed by atoms with van der Waals surface area (Å²) in [5.74, 6) is -1.30. The highest BCUT2D eigenvalue weighted by Crippen LogP contribution is 2.30. The minimum atomic E-state index is -0.608. The number of carbonyl (C=O) groups excluding carboxylic acids is 3. The van der Waals surface area contributed by atoms with Gasteiger partial charge in [-0.2, -0.15) is 0 Å². The van der Waals surface area contributed by atoms with Gasteiger partial charge in [0.05, 0.1) is 24.6 Å². The highest BCUT2D eigenvalue weighted by molar-refractivity contribution is 5.97. The Morgan fingerprint density at radius 3 is 2.19 bits per heavy atom. The van der Waals surface area contributed by atoms with E-state index < -0.39 is 18.0 Å². The Kier molecular flexibility index (Phi) is 7.77. The van der Waals surface area contributed by atoms with Crippen molar-refractivity contribution in [3.05, 3.63) is 107 Å². The third-order valence-corrected chi connectivity index (χ3v) is 6.80. The molecule has 1 aliphatic heterocycles. The number of amides is 2. The Morgan fingerprint density at radius 1 is 0.946 bits per heavy atom. The van der Waals surface area contributed by atoms with E-state index in [2.05, 4.69) is 20.8 Å². The first kappa shape index (κ1) is 26.1. The van der Waals surface area contributed by atoms with Gasteiger partial charge in [0, 0.05) is 0 Å². The van der Waals surface area contributed by atoms with Crippen LogP contribution in [0.5, 0.6) is 0 Å². The monoisotopic (exact) mass is 499 g/mol. The minimum absolute atomic E-state index is 0.0265. The molecule has 3 aromatic carbocycles. The van der Waals surface area contributed by atoms with Crippen LogP contribution in [0.1, 0.15) is 59.3 Å². The lowest BCUT2D eigenvalue weighted by atomic mass is 9.84. The van der Waals surface area contributed by atoms with Crippen LogP contribution in [0.3, 0.4) is 0 Å². The second kappa shape index (κ2) is 11.0. The van der Waals surface area contributed by atoms with Gasteiger partial charge < -0.3 is 9.47 Å². The molecule has 1 heterocycles. The standard InChI is InChI=1S/C31H33NO5/c1-31(2,3)25-16-14-23(15-17-25)27(19-22-10-12-24(13-11-22)29(34)36-4)28(33)32-26(20-37-30(32)35)18-21-8-6-5-7-9-21/h5-17,26-27H,18-20H2,1-4H3/t26-,27+/m1/s1. The van der Waals surface area contributed by atoms with Gasteiger partial charge in [-0.15, -0.1) is 0 Å². The number of imide groups is 1. The first-order valence-electron chi connectivity index (χ1n) is 12.5. The minimum Gasteiger partial charge on any atom is -0.465 e. The molecule has 0 bridgehead atoms. The van der Waals surface area contributed by atoms with Crippen LogP contribution in [0, 0.1) is 0 Å². The van der Waals surface area contributed by atoms with Crippen LogP contribution >= 0.6 is 0 Å². The summed E-state index contributed by atoms with van der Waals surface area (Å²) in [5.41, 5.74) is 4.31. The number of benzene rings is 3. The van der Waals surface area contributed by atoms with Crippen molar-refractivity contribution < 1.29 is 23.9 Å². The summed E-state index contributed by atoms with van der Waals surface area (Å²) in [6.45, 7) is 6.59. The lowest BCUT2D eigenvalue weighted by molar-refractivity contribution is -0.130. The number of methoxy groups -OCH3 is 1. The molecule has 6 nitrogen and oxygen atoms in total. The quantitative estimate of drug-likeness (QED) is 0.391. The SMILES string of the molecule is COC(=O)c1ccc(C[C@H](C(=O)N2C(=O)OC[C@H]2Cc2ccccc2)c2ccc(C(C)(C)C)cc2)cc1. The Balaban J connectivity index is 1.65. The smallest absolute Gasteiger partial charge is 0.417 e. The first-order chi connectivity index (χ1) is 17.7. The van der Waals surface area contributed by atoms with Crippen molar-refractivity contribution in [1.29, 1.82) is 0 Å². The molecule has 1 aliphatic rings. The largest absolute Gasteiger partial charge is 0.465 e. The predicted octanol–water partition coefficient (Wildman–Crippen LogP) is 5.69. The summed E-state index contributed by atoms with van der Waals surface area (Å²) in [7, 11) is 1.34. The van der Waals surface area contributed by atoms with Gasteiger partial charge in [0.15, 0.2) is 0 Å². The van der Waals surface area contributed by atoms with E-state index in [9.17, 15) is 14.4 Å². The highest BCUT2D eigenvalue weighted by atomic mass is 16.6. The van der Waals surface area contributed by atoms with E-state index in [-0.39, 0.29) is 24.0 Å². The lowest BCUT2D eigenvalue weighted by Gasteiger charge is -2.26. The zero-order valence-corrected chi connectivity index (χ0v) is 21.8. The number of rotatable bonds is 7. The van der Waals surface area contributed by atoms with Crippen molar-refractivity contribution in [3.8, 4) is 0 Å². The maximum absolute atomic E-state index is 14.0. The Morgan fingerprint density at radius 2 is 1.59 bits per heavy atom. The topological polar surface area (TPSA) is 72.9 Å². The summed E-state index contributed by atoms with van der Waals surface area (Å²) in [5, 5.41) is 0. The van der Waals surface area contributed by atoms with E-state index >= 15 is 0 Å². The van der Waals surface area contributed by atoms with E-state index in [1.165, 1.54) is 12.0 Å². The maximum atomic E-state index is 14.0. The number of cyclic esters (lactones) is 1. The molecule has 37 heavy (non-hydrogen) atoms. The molecule has 4 rings (SSSR count). The summed E-state index contributed by atoms with van der Waals surface area (Å²) < 4.78 is 10.1. The zero-order valence-electron chi connectivity index (χ0n) is 21.8. The lowest BCUT2D eigenvalue weighted by Crippen LogP contribution is -2.43. The third kappa shape index (κ3) is 6.08. The molecule has 0 saturated carbocycles. The van der Waals surface area contributed by atoms with Gasteiger partial charge in [-0.05, 0) is 52.6 Å². The fourth-order valence-corrected chi connectivity index (χ4v) is 4.63. The Labute approximate surface area is 218 Å². The molecule has 0 aliphatic carbocycles. The van der Waals surface area contributed by atoms with Gasteiger partial charge in [-0.3, -0.25) is 4.79 Å². The van der Waals surface area contributed by atoms with Gasteiger partial charge in [-0.1, -0.05) is 87.5 Å². The number of hydrogen-bond acceptors (Lipinski definition) is 5. The molecule has 0 aromatic heterocycles. The van der Waals surface area contributed by atoms with Crippen molar-refractivity contribution in [2.24, 2.45) is 0 Å². The molecule has 1 saturated heterocycles. The molecule has 0 unspecified atom stereocenters. The zero-order chi connectivity index (χ0) is 26.6. The molecule has 2 amide bonds. The predicted molar refractivity (Wildman–Crippen MR) is 141 cm³/mol. The van der Waals surface area contributed by atoms with Crippen LogP contribution in [0.4, 0.5) is 4.79 Å². The fraction of sp³-hybridized carbons (Fsp3) is 0.323. The Hall–Kier alpha value is -3.93. The van der Waals surface area contributed by atoms with E-state index in [1.54, 1.807) is 12.1 Å². The molecule has 2 atom stereocenters. The Bertz CT molecular complexity index is 1240. The van der Waals surface area contributed by atoms with E-state index in [4.69, 9.17) is 9.47 Å². The van der Waals surface area contributed by atoms with Crippen molar-refractivity contribution in [3.63, 3.8) is 0 Å². The molecule has 0 radical (unpaired) electrons. The number of esters is 1. The summed E-state index contributed by atoms with van der Waals surface area (Å²) in [6, 6.07) is 24.5. The second-order valence-corrected chi connectivity index (χ2v) is 10.4. The third-order valence-electron chi connectivity index (χ3n) is 6.80. The number of carbonyl (C=O) groups is 3. The van der Waals surface area contributed by atoms with E-state index in [0.29, 0.717) is 18.4 Å². The highest BCUT2D eigenvalue weighted by Gasteiger charge is 2.41. The van der Waals surface area contributed by atoms with E-state index in [0.717, 1.165) is 22.3 Å². The van der Waals surface area contributed by atoms with Crippen LogP contribution in [-0.4, -0.2) is 42.6 Å². The first-order valence-corrected chi connectivity index (χ1v) is 12.5. The molecule has 3 aromatic rings. The average molecular weight is 500 g/mol. The van der Waals surface area contributed by atoms with Crippen LogP contribution in [0.25, 0.3) is 0 Å². The van der Waals surface area contributed by atoms with Crippen LogP contribution in [0.2, 0.25) is 0 Å². The van der Waals surface area contributed by atoms with Gasteiger partial charge >= 0.3 is 12.1 Å². The maximum Gasteiger partial charge on any atom is 0.417 e. The molecule has 1 fully saturated rings. The van der Waals surface area contributed by atoms with Gasteiger partial charge in [0.2, 0.25) is 5.91 Å². The fourth-order valence-electron chi connectivity index (χ4n) is 4.63. The van der Waals surface area contributed by atoms with Gasteiger partial charge in [-0.25, -0.2) is 14.5 Å². The normalized spacial score (nSPS) is 16.3. The van der Waals surface area contributed by atoms with Crippen molar-refractivity contribution >= 4 is 18.0 Å². The summed E-state index contributed by atoms with van der Waals surface area (Å²) >= 11 is 0. The van der Waals surface area contributed by atoms with Gasteiger partial charge in [0.25, 0.3) is 0 Å². The van der Waals surface area contributed by atoms with Crippen molar-refractivity contribution in [2.75, 3.05) is 13.7 Å². The van der Waals surface area contributed by atoms with Crippen LogP contribution < -0.4 is 0 Å². The molecule has 0 spiro atoms. The average Bonchev–Trinajstić information content (AvgIpc) is 3.26. The van der Waals surface area contributed by atoms with Crippen LogP contribution in [-0.2, 0) is 32.5 Å². The molecular weight excluding hydrogens is 466 g/mol. The molecule has 0 N–H and O–H groups in total. The molecule has 192 valence electrons.